The maximum absolute atomic E-state index is 12.4. The molecule has 4 rings (SSSR count). The van der Waals surface area contributed by atoms with Crippen LogP contribution < -0.4 is 29.6 Å². The van der Waals surface area contributed by atoms with Crippen molar-refractivity contribution in [2.24, 2.45) is 11.8 Å². The zero-order valence-corrected chi connectivity index (χ0v) is 15.5. The first-order chi connectivity index (χ1) is 13.6. The van der Waals surface area contributed by atoms with Crippen molar-refractivity contribution in [3.8, 4) is 23.0 Å². The monoisotopic (exact) mass is 384 g/mol. The molecular weight excluding hydrogens is 364 g/mol. The van der Waals surface area contributed by atoms with E-state index in [-0.39, 0.29) is 30.4 Å². The lowest BCUT2D eigenvalue weighted by molar-refractivity contribution is -0.122. The number of benzene rings is 2. The molecule has 0 aromatic heterocycles. The van der Waals surface area contributed by atoms with Gasteiger partial charge in [0.15, 0.2) is 23.0 Å². The van der Waals surface area contributed by atoms with Crippen LogP contribution in [0.5, 0.6) is 23.0 Å². The van der Waals surface area contributed by atoms with Crippen molar-refractivity contribution in [1.29, 1.82) is 0 Å². The summed E-state index contributed by atoms with van der Waals surface area (Å²) in [5.74, 6) is 1.24. The molecule has 1 aliphatic heterocycles. The molecule has 28 heavy (non-hydrogen) atoms. The maximum Gasteiger partial charge on any atom is 0.231 e. The largest absolute Gasteiger partial charge is 0.493 e. The normalized spacial score (nSPS) is 18.9. The Morgan fingerprint density at radius 2 is 1.46 bits per heavy atom. The van der Waals surface area contributed by atoms with Crippen LogP contribution in [0.1, 0.15) is 6.42 Å². The Kier molecular flexibility index (Phi) is 4.68. The minimum absolute atomic E-state index is 0.174. The van der Waals surface area contributed by atoms with Gasteiger partial charge in [0, 0.05) is 23.5 Å². The lowest BCUT2D eigenvalue weighted by Gasteiger charge is -2.10. The summed E-state index contributed by atoms with van der Waals surface area (Å²) in [4.78, 5) is 24.9. The van der Waals surface area contributed by atoms with Crippen molar-refractivity contribution < 1.29 is 28.5 Å². The van der Waals surface area contributed by atoms with Crippen molar-refractivity contribution in [1.82, 2.24) is 0 Å². The van der Waals surface area contributed by atoms with Gasteiger partial charge in [-0.1, -0.05) is 0 Å². The van der Waals surface area contributed by atoms with Gasteiger partial charge in [-0.05, 0) is 30.7 Å². The van der Waals surface area contributed by atoms with Gasteiger partial charge in [-0.3, -0.25) is 9.59 Å². The summed E-state index contributed by atoms with van der Waals surface area (Å²) in [5.41, 5.74) is 1.20. The highest BCUT2D eigenvalue weighted by molar-refractivity contribution is 6.03. The Morgan fingerprint density at radius 3 is 2.14 bits per heavy atom. The van der Waals surface area contributed by atoms with Crippen LogP contribution in [0.4, 0.5) is 11.4 Å². The smallest absolute Gasteiger partial charge is 0.231 e. The fraction of sp³-hybridized carbons (Fsp3) is 0.300. The van der Waals surface area contributed by atoms with E-state index in [2.05, 4.69) is 10.6 Å². The quantitative estimate of drug-likeness (QED) is 0.795. The van der Waals surface area contributed by atoms with Crippen LogP contribution in [0.2, 0.25) is 0 Å². The standard InChI is InChI=1S/C20H20N2O6/c1-25-15-5-3-11(7-17(15)26-2)21-19(23)13-9-14(13)20(24)22-12-4-6-16-18(8-12)28-10-27-16/h3-8,13-14H,9-10H2,1-2H3,(H,21,23)(H,22,24). The number of hydrogen-bond acceptors (Lipinski definition) is 6. The fourth-order valence-electron chi connectivity index (χ4n) is 3.13. The van der Waals surface area contributed by atoms with Crippen LogP contribution >= 0.6 is 0 Å². The van der Waals surface area contributed by atoms with Gasteiger partial charge in [0.2, 0.25) is 18.6 Å². The Labute approximate surface area is 161 Å². The van der Waals surface area contributed by atoms with Crippen molar-refractivity contribution >= 4 is 23.2 Å². The molecule has 1 aliphatic carbocycles. The van der Waals surface area contributed by atoms with Crippen molar-refractivity contribution in [2.75, 3.05) is 31.6 Å². The van der Waals surface area contributed by atoms with E-state index >= 15 is 0 Å². The summed E-state index contributed by atoms with van der Waals surface area (Å²) in [6.07, 6.45) is 0.509. The molecule has 1 fully saturated rings. The Morgan fingerprint density at radius 1 is 0.857 bits per heavy atom. The molecule has 0 saturated heterocycles. The number of carbonyl (C=O) groups excluding carboxylic acids is 2. The molecule has 1 saturated carbocycles. The number of fused-ring (bicyclic) bond motifs is 1. The molecule has 0 radical (unpaired) electrons. The van der Waals surface area contributed by atoms with Crippen LogP contribution in [0, 0.1) is 11.8 Å². The zero-order valence-electron chi connectivity index (χ0n) is 15.5. The number of methoxy groups -OCH3 is 2. The van der Waals surface area contributed by atoms with Crippen LogP contribution in [-0.2, 0) is 9.59 Å². The van der Waals surface area contributed by atoms with Gasteiger partial charge in [-0.15, -0.1) is 0 Å². The van der Waals surface area contributed by atoms with E-state index < -0.39 is 0 Å². The van der Waals surface area contributed by atoms with E-state index in [1.807, 2.05) is 0 Å². The second-order valence-corrected chi connectivity index (χ2v) is 6.56. The summed E-state index contributed by atoms with van der Waals surface area (Å²) in [7, 11) is 3.07. The van der Waals surface area contributed by atoms with Gasteiger partial charge in [0.1, 0.15) is 0 Å². The van der Waals surface area contributed by atoms with Crippen LogP contribution in [0.15, 0.2) is 36.4 Å². The minimum Gasteiger partial charge on any atom is -0.493 e. The first kappa shape index (κ1) is 18.0. The number of anilines is 2. The second kappa shape index (κ2) is 7.30. The highest BCUT2D eigenvalue weighted by Gasteiger charge is 2.48. The minimum atomic E-state index is -0.359. The highest BCUT2D eigenvalue weighted by atomic mass is 16.7. The van der Waals surface area contributed by atoms with E-state index in [1.54, 1.807) is 43.5 Å². The third-order valence-electron chi connectivity index (χ3n) is 4.76. The molecule has 8 nitrogen and oxygen atoms in total. The number of amides is 2. The molecule has 2 unspecified atom stereocenters. The van der Waals surface area contributed by atoms with Crippen LogP contribution in [0.25, 0.3) is 0 Å². The van der Waals surface area contributed by atoms with Crippen molar-refractivity contribution in [3.05, 3.63) is 36.4 Å². The fourth-order valence-corrected chi connectivity index (χ4v) is 3.13. The Hall–Kier alpha value is -3.42. The molecule has 2 aliphatic rings. The lowest BCUT2D eigenvalue weighted by atomic mass is 10.2. The van der Waals surface area contributed by atoms with E-state index in [4.69, 9.17) is 18.9 Å². The molecule has 2 amide bonds. The number of hydrogen-bond donors (Lipinski definition) is 2. The third-order valence-corrected chi connectivity index (χ3v) is 4.76. The van der Waals surface area contributed by atoms with E-state index in [1.165, 1.54) is 7.11 Å². The number of nitrogens with one attached hydrogen (secondary N) is 2. The first-order valence-corrected chi connectivity index (χ1v) is 8.82. The number of ether oxygens (including phenoxy) is 4. The summed E-state index contributed by atoms with van der Waals surface area (Å²) in [6, 6.07) is 10.3. The molecule has 146 valence electrons. The van der Waals surface area contributed by atoms with E-state index in [9.17, 15) is 9.59 Å². The summed E-state index contributed by atoms with van der Waals surface area (Å²) < 4.78 is 21.0. The van der Waals surface area contributed by atoms with E-state index in [0.717, 1.165) is 0 Å². The van der Waals surface area contributed by atoms with Gasteiger partial charge in [0.05, 0.1) is 26.1 Å². The molecule has 0 spiro atoms. The molecule has 8 heteroatoms. The maximum atomic E-state index is 12.4. The molecule has 0 bridgehead atoms. The molecular formula is C20H20N2O6. The zero-order chi connectivity index (χ0) is 19.7. The van der Waals surface area contributed by atoms with Crippen LogP contribution in [0.3, 0.4) is 0 Å². The van der Waals surface area contributed by atoms with Gasteiger partial charge in [0.25, 0.3) is 0 Å². The average molecular weight is 384 g/mol. The second-order valence-electron chi connectivity index (χ2n) is 6.56. The van der Waals surface area contributed by atoms with Gasteiger partial charge in [-0.25, -0.2) is 0 Å². The molecule has 2 aromatic carbocycles. The summed E-state index contributed by atoms with van der Waals surface area (Å²) in [5, 5.41) is 5.65. The first-order valence-electron chi connectivity index (χ1n) is 8.82. The Bertz CT molecular complexity index is 929. The lowest BCUT2D eigenvalue weighted by Crippen LogP contribution is -2.20. The summed E-state index contributed by atoms with van der Waals surface area (Å²) >= 11 is 0. The molecule has 2 N–H and O–H groups in total. The van der Waals surface area contributed by atoms with Crippen molar-refractivity contribution in [2.45, 2.75) is 6.42 Å². The van der Waals surface area contributed by atoms with Crippen LogP contribution in [-0.4, -0.2) is 32.8 Å². The predicted molar refractivity (Wildman–Crippen MR) is 101 cm³/mol. The van der Waals surface area contributed by atoms with Gasteiger partial charge >= 0.3 is 0 Å². The SMILES string of the molecule is COc1ccc(NC(=O)C2CC2C(=O)Nc2ccc3c(c2)OCO3)cc1OC. The molecule has 2 aromatic rings. The number of rotatable bonds is 6. The summed E-state index contributed by atoms with van der Waals surface area (Å²) in [6.45, 7) is 0.174. The van der Waals surface area contributed by atoms with Gasteiger partial charge in [-0.2, -0.15) is 0 Å². The van der Waals surface area contributed by atoms with Gasteiger partial charge < -0.3 is 29.6 Å². The Balaban J connectivity index is 1.34. The molecule has 1 heterocycles. The van der Waals surface area contributed by atoms with E-state index in [0.29, 0.717) is 40.8 Å². The topological polar surface area (TPSA) is 95.1 Å². The number of carbonyl (C=O) groups is 2. The van der Waals surface area contributed by atoms with Crippen molar-refractivity contribution in [3.63, 3.8) is 0 Å². The predicted octanol–water partition coefficient (Wildman–Crippen LogP) is 2.65. The third kappa shape index (κ3) is 3.53. The highest BCUT2D eigenvalue weighted by Crippen LogP contribution is 2.41. The molecule has 2 atom stereocenters. The average Bonchev–Trinajstić information content (AvgIpc) is 3.38.